The van der Waals surface area contributed by atoms with E-state index in [-0.39, 0.29) is 12.0 Å². The van der Waals surface area contributed by atoms with E-state index in [0.29, 0.717) is 23.6 Å². The summed E-state index contributed by atoms with van der Waals surface area (Å²) in [6.45, 7) is 6.22. The molecule has 0 aromatic heterocycles. The van der Waals surface area contributed by atoms with E-state index in [2.05, 4.69) is 11.4 Å². The number of amides is 1. The number of nitriles is 1. The number of carbonyl (C=O) groups is 1. The Hall–Kier alpha value is -2.06. The second-order valence-corrected chi connectivity index (χ2v) is 6.08. The summed E-state index contributed by atoms with van der Waals surface area (Å²) >= 11 is 0. The molecule has 0 atom stereocenters. The van der Waals surface area contributed by atoms with E-state index in [1.165, 1.54) is 0 Å². The van der Waals surface area contributed by atoms with Crippen molar-refractivity contribution in [2.24, 2.45) is 0 Å². The maximum atomic E-state index is 12.6. The Labute approximate surface area is 137 Å². The van der Waals surface area contributed by atoms with Crippen molar-refractivity contribution in [3.8, 4) is 11.8 Å². The van der Waals surface area contributed by atoms with Crippen LogP contribution in [0, 0.1) is 11.3 Å². The van der Waals surface area contributed by atoms with Crippen molar-refractivity contribution >= 4 is 11.6 Å². The Morgan fingerprint density at radius 2 is 2.09 bits per heavy atom. The fourth-order valence-corrected chi connectivity index (χ4v) is 2.96. The van der Waals surface area contributed by atoms with Gasteiger partial charge in [0.25, 0.3) is 5.91 Å². The van der Waals surface area contributed by atoms with Crippen molar-refractivity contribution in [1.29, 1.82) is 5.26 Å². The van der Waals surface area contributed by atoms with E-state index in [9.17, 15) is 10.1 Å². The van der Waals surface area contributed by atoms with Crippen LogP contribution < -0.4 is 10.1 Å². The van der Waals surface area contributed by atoms with Crippen LogP contribution in [0.5, 0.6) is 5.75 Å². The summed E-state index contributed by atoms with van der Waals surface area (Å²) in [6.07, 6.45) is 3.47. The molecule has 5 nitrogen and oxygen atoms in total. The lowest BCUT2D eigenvalue weighted by molar-refractivity contribution is -0.140. The van der Waals surface area contributed by atoms with Gasteiger partial charge in [0.2, 0.25) is 0 Å². The van der Waals surface area contributed by atoms with Gasteiger partial charge in [-0.15, -0.1) is 0 Å². The third-order valence-corrected chi connectivity index (χ3v) is 3.97. The lowest BCUT2D eigenvalue weighted by Gasteiger charge is -2.27. The first-order valence-electron chi connectivity index (χ1n) is 8.17. The molecule has 1 fully saturated rings. The fourth-order valence-electron chi connectivity index (χ4n) is 2.96. The predicted molar refractivity (Wildman–Crippen MR) is 88.4 cm³/mol. The molecule has 1 N–H and O–H groups in total. The van der Waals surface area contributed by atoms with E-state index < -0.39 is 5.60 Å². The molecule has 1 aliphatic carbocycles. The summed E-state index contributed by atoms with van der Waals surface area (Å²) < 4.78 is 11.4. The standard InChI is InChI=1S/C18H24N2O3/c1-4-22-18(9-5-6-10-18)17(21)20-15-7-8-16(23-13(2)3)14(11-15)12-19/h7-8,11,13H,4-6,9-10H2,1-3H3,(H,20,21). The van der Waals surface area contributed by atoms with Gasteiger partial charge >= 0.3 is 0 Å². The number of anilines is 1. The van der Waals surface area contributed by atoms with Gasteiger partial charge in [-0.1, -0.05) is 0 Å². The molecule has 0 aliphatic heterocycles. The van der Waals surface area contributed by atoms with Crippen LogP contribution in [-0.2, 0) is 9.53 Å². The monoisotopic (exact) mass is 316 g/mol. The zero-order valence-electron chi connectivity index (χ0n) is 14.0. The number of rotatable bonds is 6. The van der Waals surface area contributed by atoms with Gasteiger partial charge in [-0.05, 0) is 64.7 Å². The lowest BCUT2D eigenvalue weighted by atomic mass is 10.0. The van der Waals surface area contributed by atoms with Crippen LogP contribution in [0.4, 0.5) is 5.69 Å². The molecule has 5 heteroatoms. The molecular formula is C18H24N2O3. The largest absolute Gasteiger partial charge is 0.490 e. The average molecular weight is 316 g/mol. The third kappa shape index (κ3) is 4.02. The van der Waals surface area contributed by atoms with Crippen LogP contribution in [0.1, 0.15) is 52.0 Å². The summed E-state index contributed by atoms with van der Waals surface area (Å²) in [7, 11) is 0. The van der Waals surface area contributed by atoms with E-state index in [0.717, 1.165) is 25.7 Å². The molecule has 0 bridgehead atoms. The Balaban J connectivity index is 2.16. The molecule has 2 rings (SSSR count). The minimum absolute atomic E-state index is 0.0118. The maximum Gasteiger partial charge on any atom is 0.256 e. The summed E-state index contributed by atoms with van der Waals surface area (Å²) in [5.41, 5.74) is 0.274. The number of nitrogens with zero attached hydrogens (tertiary/aromatic N) is 1. The summed E-state index contributed by atoms with van der Waals surface area (Å²) in [4.78, 5) is 12.6. The van der Waals surface area contributed by atoms with Crippen molar-refractivity contribution in [1.82, 2.24) is 0 Å². The van der Waals surface area contributed by atoms with E-state index in [4.69, 9.17) is 9.47 Å². The SMILES string of the molecule is CCOC1(C(=O)Nc2ccc(OC(C)C)c(C#N)c2)CCCC1. The van der Waals surface area contributed by atoms with Crippen LogP contribution in [0.15, 0.2) is 18.2 Å². The van der Waals surface area contributed by atoms with Gasteiger partial charge in [0.1, 0.15) is 17.4 Å². The van der Waals surface area contributed by atoms with Crippen LogP contribution in [-0.4, -0.2) is 24.2 Å². The predicted octanol–water partition coefficient (Wildman–Crippen LogP) is 3.63. The van der Waals surface area contributed by atoms with E-state index in [1.54, 1.807) is 18.2 Å². The highest BCUT2D eigenvalue weighted by atomic mass is 16.5. The van der Waals surface area contributed by atoms with Crippen LogP contribution >= 0.6 is 0 Å². The molecular weight excluding hydrogens is 292 g/mol. The van der Waals surface area contributed by atoms with Gasteiger partial charge in [0, 0.05) is 12.3 Å². The van der Waals surface area contributed by atoms with E-state index in [1.807, 2.05) is 20.8 Å². The summed E-state index contributed by atoms with van der Waals surface area (Å²) in [5, 5.41) is 12.2. The third-order valence-electron chi connectivity index (χ3n) is 3.97. The first-order valence-corrected chi connectivity index (χ1v) is 8.17. The van der Waals surface area contributed by atoms with Crippen molar-refractivity contribution in [2.75, 3.05) is 11.9 Å². The van der Waals surface area contributed by atoms with Crippen molar-refractivity contribution < 1.29 is 14.3 Å². The highest BCUT2D eigenvalue weighted by molar-refractivity contribution is 5.97. The van der Waals surface area contributed by atoms with Gasteiger partial charge < -0.3 is 14.8 Å². The van der Waals surface area contributed by atoms with Crippen molar-refractivity contribution in [3.63, 3.8) is 0 Å². The molecule has 124 valence electrons. The first kappa shape index (κ1) is 17.3. The second kappa shape index (κ2) is 7.47. The summed E-state index contributed by atoms with van der Waals surface area (Å²) in [5.74, 6) is 0.402. The highest BCUT2D eigenvalue weighted by Crippen LogP contribution is 2.34. The fraction of sp³-hybridized carbons (Fsp3) is 0.556. The normalized spacial score (nSPS) is 16.1. The molecule has 1 aromatic carbocycles. The Morgan fingerprint density at radius 3 is 2.65 bits per heavy atom. The van der Waals surface area contributed by atoms with Gasteiger partial charge in [0.05, 0.1) is 11.7 Å². The molecule has 1 aliphatic rings. The molecule has 1 saturated carbocycles. The van der Waals surface area contributed by atoms with E-state index >= 15 is 0 Å². The zero-order valence-corrected chi connectivity index (χ0v) is 14.0. The summed E-state index contributed by atoms with van der Waals surface area (Å²) in [6, 6.07) is 7.23. The molecule has 1 aromatic rings. The van der Waals surface area contributed by atoms with Gasteiger partial charge in [-0.3, -0.25) is 4.79 Å². The second-order valence-electron chi connectivity index (χ2n) is 6.08. The smallest absolute Gasteiger partial charge is 0.256 e. The minimum Gasteiger partial charge on any atom is -0.490 e. The maximum absolute atomic E-state index is 12.6. The van der Waals surface area contributed by atoms with Crippen LogP contribution in [0.3, 0.4) is 0 Å². The van der Waals surface area contributed by atoms with Crippen molar-refractivity contribution in [3.05, 3.63) is 23.8 Å². The molecule has 0 radical (unpaired) electrons. The lowest BCUT2D eigenvalue weighted by Crippen LogP contribution is -2.43. The quantitative estimate of drug-likeness (QED) is 0.870. The van der Waals surface area contributed by atoms with Crippen LogP contribution in [0.25, 0.3) is 0 Å². The zero-order chi connectivity index (χ0) is 16.9. The molecule has 0 spiro atoms. The molecule has 0 unspecified atom stereocenters. The first-order chi connectivity index (χ1) is 11.0. The van der Waals surface area contributed by atoms with Crippen molar-refractivity contribution in [2.45, 2.75) is 58.2 Å². The molecule has 0 heterocycles. The molecule has 23 heavy (non-hydrogen) atoms. The number of benzene rings is 1. The Kier molecular flexibility index (Phi) is 5.62. The van der Waals surface area contributed by atoms with Gasteiger partial charge in [-0.25, -0.2) is 0 Å². The molecule has 1 amide bonds. The van der Waals surface area contributed by atoms with Gasteiger partial charge in [0.15, 0.2) is 0 Å². The minimum atomic E-state index is -0.728. The molecule has 0 saturated heterocycles. The average Bonchev–Trinajstić information content (AvgIpc) is 2.98. The van der Waals surface area contributed by atoms with Crippen LogP contribution in [0.2, 0.25) is 0 Å². The highest BCUT2D eigenvalue weighted by Gasteiger charge is 2.42. The van der Waals surface area contributed by atoms with Gasteiger partial charge in [-0.2, -0.15) is 5.26 Å². The Bertz CT molecular complexity index is 599. The number of carbonyl (C=O) groups excluding carboxylic acids is 1. The number of hydrogen-bond donors (Lipinski definition) is 1. The topological polar surface area (TPSA) is 71.3 Å². The number of hydrogen-bond acceptors (Lipinski definition) is 4. The Morgan fingerprint density at radius 1 is 1.39 bits per heavy atom. The number of nitrogens with one attached hydrogen (secondary N) is 1. The number of ether oxygens (including phenoxy) is 2.